The number of aryl methyl sites for hydroxylation is 1. The molecule has 0 aromatic heterocycles. The van der Waals surface area contributed by atoms with Crippen molar-refractivity contribution >= 4 is 5.69 Å². The van der Waals surface area contributed by atoms with Gasteiger partial charge in [0.1, 0.15) is 5.75 Å². The molecule has 0 unspecified atom stereocenters. The molecule has 3 rings (SSSR count). The molecule has 0 saturated carbocycles. The molecule has 0 amide bonds. The molecule has 1 heterocycles. The van der Waals surface area contributed by atoms with E-state index in [1.807, 2.05) is 19.2 Å². The molecule has 1 aliphatic rings. The summed E-state index contributed by atoms with van der Waals surface area (Å²) in [5.74, 6) is 0.295. The maximum absolute atomic E-state index is 13.5. The smallest absolute Gasteiger partial charge is 0.168 e. The molecule has 1 fully saturated rings. The van der Waals surface area contributed by atoms with Crippen molar-refractivity contribution in [2.45, 2.75) is 19.8 Å². The van der Waals surface area contributed by atoms with Crippen LogP contribution in [0.3, 0.4) is 0 Å². The summed E-state index contributed by atoms with van der Waals surface area (Å²) in [5.41, 5.74) is 6.31. The van der Waals surface area contributed by atoms with Crippen LogP contribution in [0.1, 0.15) is 18.4 Å². The number of piperazine rings is 1. The largest absolute Gasteiger partial charge is 0.494 e. The number of benzene rings is 2. The van der Waals surface area contributed by atoms with Gasteiger partial charge in [0, 0.05) is 43.6 Å². The van der Waals surface area contributed by atoms with E-state index in [0.29, 0.717) is 12.4 Å². The van der Waals surface area contributed by atoms with Crippen LogP contribution >= 0.6 is 0 Å². The number of ether oxygens (including phenoxy) is 2. The molecule has 200 valence electrons. The Hall–Kier alpha value is -3.13. The standard InChI is InChI=1S/C19H22FNO2.C6H15N3.2C2H4/c1-14-6-8-16(9-7-14)21-15(2)5-4-12-23-17-10-11-19(22-3)18(20)13-17;1-7-9-5-3-8(2)4-6-9;2*1-2/h6-11,13,21H,2,4-5,12H2,1,3H3;7H,3-6H2,1-2H3;2*1-2H2. The molecule has 2 aromatic carbocycles. The van der Waals surface area contributed by atoms with Crippen molar-refractivity contribution in [2.24, 2.45) is 0 Å². The quantitative estimate of drug-likeness (QED) is 0.330. The second-order valence-corrected chi connectivity index (χ2v) is 7.86. The van der Waals surface area contributed by atoms with E-state index in [0.717, 1.165) is 37.3 Å². The zero-order valence-electron chi connectivity index (χ0n) is 22.6. The van der Waals surface area contributed by atoms with Crippen LogP contribution in [0.15, 0.2) is 81.1 Å². The number of hydrogen-bond donors (Lipinski definition) is 2. The first kappa shape index (κ1) is 32.9. The van der Waals surface area contributed by atoms with Gasteiger partial charge >= 0.3 is 0 Å². The van der Waals surface area contributed by atoms with Crippen molar-refractivity contribution in [1.29, 1.82) is 0 Å². The molecular weight excluding hydrogens is 455 g/mol. The Balaban J connectivity index is 0.000000783. The van der Waals surface area contributed by atoms with E-state index in [2.05, 4.69) is 79.7 Å². The van der Waals surface area contributed by atoms with Crippen LogP contribution < -0.4 is 20.2 Å². The molecule has 6 nitrogen and oxygen atoms in total. The zero-order chi connectivity index (χ0) is 27.3. The number of nitrogens with zero attached hydrogens (tertiary/aromatic N) is 2. The lowest BCUT2D eigenvalue weighted by Crippen LogP contribution is -2.49. The maximum Gasteiger partial charge on any atom is 0.168 e. The van der Waals surface area contributed by atoms with Crippen LogP contribution in [-0.4, -0.2) is 63.9 Å². The minimum absolute atomic E-state index is 0.216. The van der Waals surface area contributed by atoms with Crippen LogP contribution in [0.4, 0.5) is 10.1 Å². The lowest BCUT2D eigenvalue weighted by Gasteiger charge is -2.31. The van der Waals surface area contributed by atoms with Crippen molar-refractivity contribution in [3.05, 3.63) is 92.4 Å². The van der Waals surface area contributed by atoms with Gasteiger partial charge in [0.2, 0.25) is 0 Å². The Bertz CT molecular complexity index is 851. The second-order valence-electron chi connectivity index (χ2n) is 7.86. The summed E-state index contributed by atoms with van der Waals surface area (Å²) in [5, 5.41) is 5.50. The van der Waals surface area contributed by atoms with Crippen molar-refractivity contribution in [1.82, 2.24) is 15.3 Å². The Kier molecular flexibility index (Phi) is 18.4. The van der Waals surface area contributed by atoms with E-state index in [1.54, 1.807) is 12.1 Å². The normalized spacial score (nSPS) is 12.9. The third-order valence-corrected chi connectivity index (χ3v) is 5.21. The van der Waals surface area contributed by atoms with E-state index < -0.39 is 5.82 Å². The minimum atomic E-state index is -0.421. The minimum Gasteiger partial charge on any atom is -0.494 e. The molecule has 36 heavy (non-hydrogen) atoms. The molecular formula is C29H45FN4O2. The number of halogens is 1. The highest BCUT2D eigenvalue weighted by atomic mass is 19.1. The van der Waals surface area contributed by atoms with Crippen molar-refractivity contribution in [3.8, 4) is 11.5 Å². The van der Waals surface area contributed by atoms with Gasteiger partial charge in [-0.2, -0.15) is 0 Å². The lowest BCUT2D eigenvalue weighted by atomic mass is 10.2. The highest BCUT2D eigenvalue weighted by Crippen LogP contribution is 2.22. The van der Waals surface area contributed by atoms with E-state index in [-0.39, 0.29) is 5.75 Å². The lowest BCUT2D eigenvalue weighted by molar-refractivity contribution is 0.115. The molecule has 1 aliphatic heterocycles. The van der Waals surface area contributed by atoms with E-state index >= 15 is 0 Å². The molecule has 0 spiro atoms. The first-order valence-corrected chi connectivity index (χ1v) is 12.0. The van der Waals surface area contributed by atoms with Gasteiger partial charge in [0.15, 0.2) is 11.6 Å². The fourth-order valence-corrected chi connectivity index (χ4v) is 3.15. The third-order valence-electron chi connectivity index (χ3n) is 5.21. The summed E-state index contributed by atoms with van der Waals surface area (Å²) in [6.07, 6.45) is 1.58. The van der Waals surface area contributed by atoms with Crippen LogP contribution in [0, 0.1) is 12.7 Å². The predicted octanol–water partition coefficient (Wildman–Crippen LogP) is 5.90. The summed E-state index contributed by atoms with van der Waals surface area (Å²) in [7, 11) is 5.57. The number of hydrogen-bond acceptors (Lipinski definition) is 6. The Morgan fingerprint density at radius 1 is 1.00 bits per heavy atom. The Morgan fingerprint density at radius 3 is 2.14 bits per heavy atom. The van der Waals surface area contributed by atoms with Gasteiger partial charge in [-0.05, 0) is 58.1 Å². The summed E-state index contributed by atoms with van der Waals surface area (Å²) >= 11 is 0. The van der Waals surface area contributed by atoms with Gasteiger partial charge in [-0.25, -0.2) is 9.40 Å². The highest BCUT2D eigenvalue weighted by molar-refractivity contribution is 5.48. The molecule has 2 aromatic rings. The first-order valence-electron chi connectivity index (χ1n) is 12.0. The van der Waals surface area contributed by atoms with Crippen molar-refractivity contribution < 1.29 is 13.9 Å². The second kappa shape index (κ2) is 20.1. The van der Waals surface area contributed by atoms with Crippen LogP contribution in [0.2, 0.25) is 0 Å². The number of allylic oxidation sites excluding steroid dienone is 1. The average molecular weight is 501 g/mol. The van der Waals surface area contributed by atoms with Gasteiger partial charge in [-0.3, -0.25) is 5.43 Å². The van der Waals surface area contributed by atoms with Crippen LogP contribution in [-0.2, 0) is 0 Å². The highest BCUT2D eigenvalue weighted by Gasteiger charge is 2.10. The maximum atomic E-state index is 13.5. The number of anilines is 1. The third kappa shape index (κ3) is 13.7. The fraction of sp³-hybridized carbons (Fsp3) is 0.379. The molecule has 7 heteroatoms. The molecule has 0 bridgehead atoms. The summed E-state index contributed by atoms with van der Waals surface area (Å²) < 4.78 is 23.9. The number of methoxy groups -OCH3 is 1. The zero-order valence-corrected chi connectivity index (χ0v) is 22.6. The number of nitrogens with one attached hydrogen (secondary N) is 2. The predicted molar refractivity (Wildman–Crippen MR) is 152 cm³/mol. The monoisotopic (exact) mass is 500 g/mol. The summed E-state index contributed by atoms with van der Waals surface area (Å²) in [6.45, 7) is 23.2. The van der Waals surface area contributed by atoms with Crippen LogP contribution in [0.5, 0.6) is 11.5 Å². The molecule has 0 radical (unpaired) electrons. The number of likely N-dealkylation sites (N-methyl/N-ethyl adjacent to an activating group) is 1. The Morgan fingerprint density at radius 2 is 1.61 bits per heavy atom. The fourth-order valence-electron chi connectivity index (χ4n) is 3.15. The van der Waals surface area contributed by atoms with E-state index in [9.17, 15) is 4.39 Å². The Labute approximate surface area is 218 Å². The van der Waals surface area contributed by atoms with Gasteiger partial charge in [-0.1, -0.05) is 24.3 Å². The molecule has 2 N–H and O–H groups in total. The van der Waals surface area contributed by atoms with E-state index in [1.165, 1.54) is 31.8 Å². The number of rotatable bonds is 9. The van der Waals surface area contributed by atoms with Crippen LogP contribution in [0.25, 0.3) is 0 Å². The van der Waals surface area contributed by atoms with Crippen molar-refractivity contribution in [3.63, 3.8) is 0 Å². The molecule has 0 atom stereocenters. The van der Waals surface area contributed by atoms with Gasteiger partial charge in [0.25, 0.3) is 0 Å². The topological polar surface area (TPSA) is 49.0 Å². The van der Waals surface area contributed by atoms with Crippen molar-refractivity contribution in [2.75, 3.05) is 59.3 Å². The van der Waals surface area contributed by atoms with Gasteiger partial charge < -0.3 is 19.7 Å². The van der Waals surface area contributed by atoms with Gasteiger partial charge in [-0.15, -0.1) is 26.3 Å². The number of hydrazine groups is 1. The SMILES string of the molecule is C=C.C=C.C=C(CCCOc1ccc(OC)c(F)c1)Nc1ccc(C)cc1.CNN1CCN(C)CC1. The van der Waals surface area contributed by atoms with Gasteiger partial charge in [0.05, 0.1) is 13.7 Å². The van der Waals surface area contributed by atoms with E-state index in [4.69, 9.17) is 9.47 Å². The first-order chi connectivity index (χ1) is 17.4. The molecule has 0 aliphatic carbocycles. The summed E-state index contributed by atoms with van der Waals surface area (Å²) in [6, 6.07) is 12.7. The molecule has 1 saturated heterocycles. The summed E-state index contributed by atoms with van der Waals surface area (Å²) in [4.78, 5) is 2.34. The average Bonchev–Trinajstić information content (AvgIpc) is 2.91.